The number of rotatable bonds is 4. The van der Waals surface area contributed by atoms with E-state index in [9.17, 15) is 0 Å². The quantitative estimate of drug-likeness (QED) is 0.789. The van der Waals surface area contributed by atoms with E-state index in [-0.39, 0.29) is 5.54 Å². The first-order chi connectivity index (χ1) is 8.16. The van der Waals surface area contributed by atoms with Gasteiger partial charge in [-0.25, -0.2) is 0 Å². The van der Waals surface area contributed by atoms with Crippen molar-refractivity contribution in [1.29, 1.82) is 0 Å². The van der Waals surface area contributed by atoms with Crippen molar-refractivity contribution in [3.8, 4) is 0 Å². The molecule has 1 saturated heterocycles. The SMILES string of the molecule is CC1CCC(CN)(NCC2CCCO2)C(C)C1. The van der Waals surface area contributed by atoms with E-state index >= 15 is 0 Å². The monoisotopic (exact) mass is 240 g/mol. The average Bonchev–Trinajstić information content (AvgIpc) is 2.82. The molecule has 0 aromatic rings. The van der Waals surface area contributed by atoms with Gasteiger partial charge in [0.2, 0.25) is 0 Å². The van der Waals surface area contributed by atoms with Crippen LogP contribution in [0.2, 0.25) is 0 Å². The molecule has 1 aliphatic carbocycles. The summed E-state index contributed by atoms with van der Waals surface area (Å²) in [5, 5.41) is 3.75. The molecule has 4 atom stereocenters. The lowest BCUT2D eigenvalue weighted by atomic mass is 9.70. The van der Waals surface area contributed by atoms with Crippen LogP contribution in [-0.2, 0) is 4.74 Å². The molecule has 3 heteroatoms. The Hall–Kier alpha value is -0.120. The summed E-state index contributed by atoms with van der Waals surface area (Å²) >= 11 is 0. The van der Waals surface area contributed by atoms with Crippen LogP contribution in [0.15, 0.2) is 0 Å². The predicted molar refractivity (Wildman–Crippen MR) is 70.9 cm³/mol. The Balaban J connectivity index is 1.89. The summed E-state index contributed by atoms with van der Waals surface area (Å²) in [6.07, 6.45) is 6.67. The number of nitrogens with one attached hydrogen (secondary N) is 1. The van der Waals surface area contributed by atoms with Crippen LogP contribution < -0.4 is 11.1 Å². The third-order valence-corrected chi connectivity index (χ3v) is 4.85. The fourth-order valence-corrected chi connectivity index (χ4v) is 3.46. The highest BCUT2D eigenvalue weighted by Gasteiger charge is 2.39. The van der Waals surface area contributed by atoms with E-state index in [0.29, 0.717) is 12.0 Å². The van der Waals surface area contributed by atoms with Crippen LogP contribution in [0.1, 0.15) is 46.0 Å². The van der Waals surface area contributed by atoms with E-state index in [1.165, 1.54) is 32.1 Å². The van der Waals surface area contributed by atoms with Gasteiger partial charge in [-0.05, 0) is 43.9 Å². The zero-order valence-corrected chi connectivity index (χ0v) is 11.4. The maximum Gasteiger partial charge on any atom is 0.0700 e. The lowest BCUT2D eigenvalue weighted by Crippen LogP contribution is -2.59. The summed E-state index contributed by atoms with van der Waals surface area (Å²) < 4.78 is 5.69. The van der Waals surface area contributed by atoms with E-state index in [4.69, 9.17) is 10.5 Å². The first-order valence-electron chi connectivity index (χ1n) is 7.23. The van der Waals surface area contributed by atoms with Gasteiger partial charge in [0.05, 0.1) is 6.10 Å². The smallest absolute Gasteiger partial charge is 0.0700 e. The van der Waals surface area contributed by atoms with Gasteiger partial charge >= 0.3 is 0 Å². The Bertz CT molecular complexity index is 240. The number of nitrogens with two attached hydrogens (primary N) is 1. The van der Waals surface area contributed by atoms with E-state index in [1.54, 1.807) is 0 Å². The molecular weight excluding hydrogens is 212 g/mol. The fraction of sp³-hybridized carbons (Fsp3) is 1.00. The molecule has 100 valence electrons. The normalized spacial score (nSPS) is 42.9. The highest BCUT2D eigenvalue weighted by atomic mass is 16.5. The molecule has 1 aliphatic heterocycles. The van der Waals surface area contributed by atoms with E-state index in [0.717, 1.165) is 25.6 Å². The van der Waals surface area contributed by atoms with Crippen molar-refractivity contribution in [2.45, 2.75) is 57.6 Å². The van der Waals surface area contributed by atoms with Crippen molar-refractivity contribution >= 4 is 0 Å². The Morgan fingerprint density at radius 2 is 2.18 bits per heavy atom. The molecule has 4 unspecified atom stereocenters. The molecule has 0 amide bonds. The van der Waals surface area contributed by atoms with Crippen LogP contribution in [-0.4, -0.2) is 31.3 Å². The van der Waals surface area contributed by atoms with Crippen molar-refractivity contribution in [3.05, 3.63) is 0 Å². The minimum absolute atomic E-state index is 0.165. The Morgan fingerprint density at radius 3 is 2.76 bits per heavy atom. The van der Waals surface area contributed by atoms with Crippen LogP contribution in [0.3, 0.4) is 0 Å². The molecule has 3 N–H and O–H groups in total. The van der Waals surface area contributed by atoms with Crippen molar-refractivity contribution in [3.63, 3.8) is 0 Å². The fourth-order valence-electron chi connectivity index (χ4n) is 3.46. The molecule has 0 bridgehead atoms. The van der Waals surface area contributed by atoms with Crippen LogP contribution in [0.5, 0.6) is 0 Å². The molecule has 1 heterocycles. The van der Waals surface area contributed by atoms with Gasteiger partial charge in [0.1, 0.15) is 0 Å². The third kappa shape index (κ3) is 3.01. The predicted octanol–water partition coefficient (Wildman–Crippen LogP) is 1.91. The number of ether oxygens (including phenoxy) is 1. The van der Waals surface area contributed by atoms with E-state index in [2.05, 4.69) is 19.2 Å². The van der Waals surface area contributed by atoms with Crippen LogP contribution >= 0.6 is 0 Å². The summed E-state index contributed by atoms with van der Waals surface area (Å²) in [7, 11) is 0. The van der Waals surface area contributed by atoms with E-state index < -0.39 is 0 Å². The minimum Gasteiger partial charge on any atom is -0.377 e. The molecule has 0 spiro atoms. The second-order valence-corrected chi connectivity index (χ2v) is 6.16. The van der Waals surface area contributed by atoms with Crippen molar-refractivity contribution in [1.82, 2.24) is 5.32 Å². The maximum atomic E-state index is 6.06. The Morgan fingerprint density at radius 1 is 1.35 bits per heavy atom. The average molecular weight is 240 g/mol. The third-order valence-electron chi connectivity index (χ3n) is 4.85. The molecule has 2 rings (SSSR count). The van der Waals surface area contributed by atoms with Crippen LogP contribution in [0, 0.1) is 11.8 Å². The second-order valence-electron chi connectivity index (χ2n) is 6.16. The Kier molecular flexibility index (Phi) is 4.45. The van der Waals surface area contributed by atoms with Gasteiger partial charge in [-0.15, -0.1) is 0 Å². The highest BCUT2D eigenvalue weighted by molar-refractivity contribution is 4.98. The van der Waals surface area contributed by atoms with Gasteiger partial charge in [0.25, 0.3) is 0 Å². The molecule has 2 aliphatic rings. The molecule has 17 heavy (non-hydrogen) atoms. The summed E-state index contributed by atoms with van der Waals surface area (Å²) in [6.45, 7) is 7.39. The largest absolute Gasteiger partial charge is 0.377 e. The summed E-state index contributed by atoms with van der Waals surface area (Å²) in [5.74, 6) is 1.53. The van der Waals surface area contributed by atoms with E-state index in [1.807, 2.05) is 0 Å². The van der Waals surface area contributed by atoms with Gasteiger partial charge in [0.15, 0.2) is 0 Å². The maximum absolute atomic E-state index is 6.06. The minimum atomic E-state index is 0.165. The standard InChI is InChI=1S/C14H28N2O/c1-11-5-6-14(10-15,12(2)8-11)16-9-13-4-3-7-17-13/h11-13,16H,3-10,15H2,1-2H3. The number of hydrogen-bond acceptors (Lipinski definition) is 3. The molecule has 0 aromatic carbocycles. The van der Waals surface area contributed by atoms with Gasteiger partial charge in [-0.1, -0.05) is 13.8 Å². The molecule has 2 fully saturated rings. The Labute approximate surface area is 105 Å². The topological polar surface area (TPSA) is 47.3 Å². The lowest BCUT2D eigenvalue weighted by Gasteiger charge is -2.45. The molecule has 0 radical (unpaired) electrons. The summed E-state index contributed by atoms with van der Waals surface area (Å²) in [6, 6.07) is 0. The zero-order valence-electron chi connectivity index (χ0n) is 11.4. The van der Waals surface area contributed by atoms with Gasteiger partial charge in [-0.3, -0.25) is 0 Å². The van der Waals surface area contributed by atoms with Crippen molar-refractivity contribution < 1.29 is 4.74 Å². The second kappa shape index (κ2) is 5.68. The van der Waals surface area contributed by atoms with Crippen molar-refractivity contribution in [2.75, 3.05) is 19.7 Å². The summed E-state index contributed by atoms with van der Waals surface area (Å²) in [5.41, 5.74) is 6.22. The first-order valence-corrected chi connectivity index (χ1v) is 7.23. The molecular formula is C14H28N2O. The summed E-state index contributed by atoms with van der Waals surface area (Å²) in [4.78, 5) is 0. The van der Waals surface area contributed by atoms with Gasteiger partial charge < -0.3 is 15.8 Å². The zero-order chi connectivity index (χ0) is 12.3. The van der Waals surface area contributed by atoms with Crippen LogP contribution in [0.25, 0.3) is 0 Å². The van der Waals surface area contributed by atoms with Crippen LogP contribution in [0.4, 0.5) is 0 Å². The highest BCUT2D eigenvalue weighted by Crippen LogP contribution is 2.36. The number of hydrogen-bond donors (Lipinski definition) is 2. The first kappa shape index (κ1) is 13.3. The molecule has 3 nitrogen and oxygen atoms in total. The molecule has 1 saturated carbocycles. The van der Waals surface area contributed by atoms with Gasteiger partial charge in [-0.2, -0.15) is 0 Å². The van der Waals surface area contributed by atoms with Gasteiger partial charge in [0, 0.05) is 25.2 Å². The lowest BCUT2D eigenvalue weighted by molar-refractivity contribution is 0.0760. The van der Waals surface area contributed by atoms with Crippen molar-refractivity contribution in [2.24, 2.45) is 17.6 Å². The molecule has 0 aromatic heterocycles.